The number of halogens is 2. The molecule has 0 saturated heterocycles. The number of phenols is 1. The number of ketones is 1. The van der Waals surface area contributed by atoms with E-state index in [1.54, 1.807) is 19.0 Å². The van der Waals surface area contributed by atoms with Crippen LogP contribution < -0.4 is 0 Å². The van der Waals surface area contributed by atoms with E-state index in [0.717, 1.165) is 12.1 Å². The minimum Gasteiger partial charge on any atom is -0.506 e. The predicted molar refractivity (Wildman–Crippen MR) is 60.2 cm³/mol. The first kappa shape index (κ1) is 12.5. The van der Waals surface area contributed by atoms with Gasteiger partial charge in [-0.1, -0.05) is 11.6 Å². The lowest BCUT2D eigenvalue weighted by atomic mass is 10.1. The number of hydrogen-bond acceptors (Lipinski definition) is 3. The third-order valence-electron chi connectivity index (χ3n) is 1.82. The van der Waals surface area contributed by atoms with Crippen LogP contribution in [0.5, 0.6) is 5.75 Å². The van der Waals surface area contributed by atoms with E-state index in [-0.39, 0.29) is 10.6 Å². The fraction of sp³-hybridized carbons (Fsp3) is 0.182. The van der Waals surface area contributed by atoms with Gasteiger partial charge in [0.15, 0.2) is 5.78 Å². The molecule has 0 unspecified atom stereocenters. The normalized spacial score (nSPS) is 10.8. The topological polar surface area (TPSA) is 40.5 Å². The van der Waals surface area contributed by atoms with Crippen molar-refractivity contribution in [3.63, 3.8) is 0 Å². The Kier molecular flexibility index (Phi) is 3.90. The van der Waals surface area contributed by atoms with E-state index >= 15 is 0 Å². The molecule has 0 atom stereocenters. The second kappa shape index (κ2) is 4.99. The molecule has 5 heteroatoms. The summed E-state index contributed by atoms with van der Waals surface area (Å²) in [5.41, 5.74) is -0.150. The Balaban J connectivity index is 3.09. The Morgan fingerprint density at radius 2 is 2.12 bits per heavy atom. The Morgan fingerprint density at radius 3 is 2.69 bits per heavy atom. The van der Waals surface area contributed by atoms with E-state index in [1.807, 2.05) is 0 Å². The summed E-state index contributed by atoms with van der Waals surface area (Å²) < 4.78 is 13.0. The van der Waals surface area contributed by atoms with Crippen molar-refractivity contribution < 1.29 is 14.3 Å². The molecule has 0 aliphatic carbocycles. The first-order valence-electron chi connectivity index (χ1n) is 4.49. The van der Waals surface area contributed by atoms with E-state index < -0.39 is 17.3 Å². The molecular formula is C11H11ClFNO2. The number of carbonyl (C=O) groups is 1. The molecule has 16 heavy (non-hydrogen) atoms. The van der Waals surface area contributed by atoms with Gasteiger partial charge in [-0.05, 0) is 12.1 Å². The third kappa shape index (κ3) is 2.97. The lowest BCUT2D eigenvalue weighted by Gasteiger charge is -2.05. The summed E-state index contributed by atoms with van der Waals surface area (Å²) in [4.78, 5) is 13.2. The summed E-state index contributed by atoms with van der Waals surface area (Å²) in [6.07, 6.45) is 2.73. The maximum atomic E-state index is 13.0. The van der Waals surface area contributed by atoms with Crippen molar-refractivity contribution in [1.82, 2.24) is 4.90 Å². The van der Waals surface area contributed by atoms with Gasteiger partial charge in [-0.15, -0.1) is 0 Å². The van der Waals surface area contributed by atoms with Gasteiger partial charge in [0.1, 0.15) is 11.6 Å². The highest BCUT2D eigenvalue weighted by atomic mass is 35.5. The number of carbonyl (C=O) groups excluding carboxylic acids is 1. The molecule has 86 valence electrons. The van der Waals surface area contributed by atoms with E-state index in [9.17, 15) is 14.3 Å². The fourth-order valence-electron chi connectivity index (χ4n) is 1.06. The number of rotatable bonds is 3. The lowest BCUT2D eigenvalue weighted by Crippen LogP contribution is -2.03. The number of allylic oxidation sites excluding steroid dienone is 1. The quantitative estimate of drug-likeness (QED) is 0.655. The summed E-state index contributed by atoms with van der Waals surface area (Å²) in [7, 11) is 3.48. The van der Waals surface area contributed by atoms with Crippen molar-refractivity contribution in [2.75, 3.05) is 14.1 Å². The van der Waals surface area contributed by atoms with Gasteiger partial charge in [0, 0.05) is 26.4 Å². The molecule has 0 amide bonds. The van der Waals surface area contributed by atoms with Crippen LogP contribution in [-0.4, -0.2) is 29.9 Å². The summed E-state index contributed by atoms with van der Waals surface area (Å²) in [6.45, 7) is 0. The Morgan fingerprint density at radius 1 is 1.50 bits per heavy atom. The zero-order valence-electron chi connectivity index (χ0n) is 8.87. The molecule has 0 aliphatic heterocycles. The SMILES string of the molecule is CN(C)/C=C/C(=O)c1cc(F)cc(Cl)c1O. The monoisotopic (exact) mass is 243 g/mol. The average molecular weight is 244 g/mol. The molecule has 0 spiro atoms. The van der Waals surface area contributed by atoms with Crippen molar-refractivity contribution in [1.29, 1.82) is 0 Å². The van der Waals surface area contributed by atoms with Crippen molar-refractivity contribution in [2.45, 2.75) is 0 Å². The van der Waals surface area contributed by atoms with Gasteiger partial charge in [-0.2, -0.15) is 0 Å². The Labute approximate surface area is 97.8 Å². The van der Waals surface area contributed by atoms with Gasteiger partial charge in [0.25, 0.3) is 0 Å². The standard InChI is InChI=1S/C11H11ClFNO2/c1-14(2)4-3-10(15)8-5-7(13)6-9(12)11(8)16/h3-6,16H,1-2H3/b4-3+. The van der Waals surface area contributed by atoms with Gasteiger partial charge >= 0.3 is 0 Å². The van der Waals surface area contributed by atoms with Gasteiger partial charge in [0.2, 0.25) is 0 Å². The third-order valence-corrected chi connectivity index (χ3v) is 2.11. The highest BCUT2D eigenvalue weighted by Crippen LogP contribution is 2.29. The maximum absolute atomic E-state index is 13.0. The van der Waals surface area contributed by atoms with Crippen molar-refractivity contribution in [2.24, 2.45) is 0 Å². The highest BCUT2D eigenvalue weighted by Gasteiger charge is 2.13. The van der Waals surface area contributed by atoms with Crippen molar-refractivity contribution >= 4 is 17.4 Å². The Hall–Kier alpha value is -1.55. The molecular weight excluding hydrogens is 233 g/mol. The number of phenolic OH excluding ortho intramolecular Hbond substituents is 1. The second-order valence-corrected chi connectivity index (χ2v) is 3.83. The van der Waals surface area contributed by atoms with Gasteiger partial charge in [-0.3, -0.25) is 4.79 Å². The number of aromatic hydroxyl groups is 1. The van der Waals surface area contributed by atoms with Crippen LogP contribution in [0.4, 0.5) is 4.39 Å². The minimum atomic E-state index is -0.663. The highest BCUT2D eigenvalue weighted by molar-refractivity contribution is 6.32. The van der Waals surface area contributed by atoms with Crippen LogP contribution in [0.1, 0.15) is 10.4 Å². The molecule has 0 radical (unpaired) electrons. The number of nitrogens with zero attached hydrogens (tertiary/aromatic N) is 1. The predicted octanol–water partition coefficient (Wildman–Crippen LogP) is 2.44. The summed E-state index contributed by atoms with van der Waals surface area (Å²) in [5, 5.41) is 9.31. The van der Waals surface area contributed by atoms with E-state index in [2.05, 4.69) is 0 Å². The first-order chi connectivity index (χ1) is 7.41. The molecule has 3 nitrogen and oxygen atoms in total. The number of hydrogen-bond donors (Lipinski definition) is 1. The molecule has 1 aromatic carbocycles. The van der Waals surface area contributed by atoms with E-state index in [1.165, 1.54) is 12.3 Å². The largest absolute Gasteiger partial charge is 0.506 e. The second-order valence-electron chi connectivity index (χ2n) is 3.43. The molecule has 0 fully saturated rings. The molecule has 0 heterocycles. The smallest absolute Gasteiger partial charge is 0.191 e. The van der Waals surface area contributed by atoms with Crippen LogP contribution in [0.3, 0.4) is 0 Å². The van der Waals surface area contributed by atoms with Gasteiger partial charge in [-0.25, -0.2) is 4.39 Å². The van der Waals surface area contributed by atoms with Crippen molar-refractivity contribution in [3.05, 3.63) is 40.8 Å². The van der Waals surface area contributed by atoms with Crippen molar-refractivity contribution in [3.8, 4) is 5.75 Å². The molecule has 0 saturated carbocycles. The maximum Gasteiger partial charge on any atom is 0.191 e. The van der Waals surface area contributed by atoms with Crippen LogP contribution in [0, 0.1) is 5.82 Å². The summed E-state index contributed by atoms with van der Waals surface area (Å²) in [5.74, 6) is -1.58. The van der Waals surface area contributed by atoms with Crippen LogP contribution >= 0.6 is 11.6 Å². The van der Waals surface area contributed by atoms with Gasteiger partial charge < -0.3 is 10.0 Å². The van der Waals surface area contributed by atoms with Crippen LogP contribution in [0.15, 0.2) is 24.4 Å². The number of benzene rings is 1. The first-order valence-corrected chi connectivity index (χ1v) is 4.86. The van der Waals surface area contributed by atoms with Crippen LogP contribution in [-0.2, 0) is 0 Å². The molecule has 0 aromatic heterocycles. The molecule has 1 N–H and O–H groups in total. The van der Waals surface area contributed by atoms with Crippen LogP contribution in [0.2, 0.25) is 5.02 Å². The molecule has 1 rings (SSSR count). The zero-order valence-corrected chi connectivity index (χ0v) is 9.62. The molecule has 1 aromatic rings. The molecule has 0 bridgehead atoms. The average Bonchev–Trinajstić information content (AvgIpc) is 2.19. The van der Waals surface area contributed by atoms with E-state index in [4.69, 9.17) is 11.6 Å². The Bertz CT molecular complexity index is 444. The minimum absolute atomic E-state index is 0.150. The molecule has 0 aliphatic rings. The summed E-state index contributed by atoms with van der Waals surface area (Å²) in [6, 6.07) is 1.90. The van der Waals surface area contributed by atoms with E-state index in [0.29, 0.717) is 0 Å². The summed E-state index contributed by atoms with van der Waals surface area (Å²) >= 11 is 5.55. The zero-order chi connectivity index (χ0) is 12.3. The van der Waals surface area contributed by atoms with Crippen LogP contribution in [0.25, 0.3) is 0 Å². The fourth-order valence-corrected chi connectivity index (χ4v) is 1.27. The van der Waals surface area contributed by atoms with Gasteiger partial charge in [0.05, 0.1) is 10.6 Å². The lowest BCUT2D eigenvalue weighted by molar-refractivity contribution is 0.104.